The number of hydrogen-bond donors (Lipinski definition) is 2. The number of para-hydroxylation sites is 1. The molecule has 210 valence electrons. The molecule has 4 aromatic carbocycles. The SMILES string of the molecule is NCCOc1cccc(OCc2ccccc2OCc2ccc(Cl)c(COc3cccc(OCCN)c3)c2Cl)c1. The molecule has 0 aromatic heterocycles. The lowest BCUT2D eigenvalue weighted by atomic mass is 10.1. The summed E-state index contributed by atoms with van der Waals surface area (Å²) in [5.74, 6) is 3.39. The van der Waals surface area contributed by atoms with Gasteiger partial charge in [-0.25, -0.2) is 0 Å². The molecular weight excluding hydrogens is 551 g/mol. The van der Waals surface area contributed by atoms with Crippen LogP contribution in [0, 0.1) is 0 Å². The summed E-state index contributed by atoms with van der Waals surface area (Å²) in [6.07, 6.45) is 0. The Hall–Kier alpha value is -3.62. The molecule has 0 saturated heterocycles. The fourth-order valence-electron chi connectivity index (χ4n) is 3.79. The molecule has 0 spiro atoms. The Balaban J connectivity index is 1.39. The molecule has 0 amide bonds. The average Bonchev–Trinajstić information content (AvgIpc) is 2.98. The van der Waals surface area contributed by atoms with Crippen molar-refractivity contribution in [1.29, 1.82) is 0 Å². The van der Waals surface area contributed by atoms with E-state index in [4.69, 9.17) is 58.4 Å². The van der Waals surface area contributed by atoms with Gasteiger partial charge in [-0.05, 0) is 36.4 Å². The first-order chi connectivity index (χ1) is 19.6. The smallest absolute Gasteiger partial charge is 0.126 e. The lowest BCUT2D eigenvalue weighted by Crippen LogP contribution is -2.10. The van der Waals surface area contributed by atoms with Gasteiger partial charge < -0.3 is 35.2 Å². The second kappa shape index (κ2) is 15.2. The van der Waals surface area contributed by atoms with E-state index in [2.05, 4.69) is 0 Å². The van der Waals surface area contributed by atoms with Gasteiger partial charge in [-0.1, -0.05) is 59.6 Å². The average molecular weight is 584 g/mol. The van der Waals surface area contributed by atoms with E-state index in [1.807, 2.05) is 72.8 Å². The van der Waals surface area contributed by atoms with Crippen molar-refractivity contribution in [3.8, 4) is 28.7 Å². The maximum Gasteiger partial charge on any atom is 0.126 e. The summed E-state index contributed by atoms with van der Waals surface area (Å²) in [5, 5.41) is 1.00. The zero-order valence-corrected chi connectivity index (χ0v) is 23.5. The maximum atomic E-state index is 6.75. The molecule has 4 rings (SSSR count). The Bertz CT molecular complexity index is 1390. The topological polar surface area (TPSA) is 98.2 Å². The van der Waals surface area contributed by atoms with Crippen molar-refractivity contribution in [2.24, 2.45) is 11.5 Å². The minimum atomic E-state index is 0.185. The summed E-state index contributed by atoms with van der Waals surface area (Å²) in [5.41, 5.74) is 13.4. The third-order valence-corrected chi connectivity index (χ3v) is 6.61. The van der Waals surface area contributed by atoms with Crippen LogP contribution in [0.5, 0.6) is 28.7 Å². The second-order valence-corrected chi connectivity index (χ2v) is 9.48. The molecule has 0 aliphatic rings. The molecule has 4 N–H and O–H groups in total. The van der Waals surface area contributed by atoms with Crippen LogP contribution in [0.15, 0.2) is 84.9 Å². The van der Waals surface area contributed by atoms with E-state index >= 15 is 0 Å². The quantitative estimate of drug-likeness (QED) is 0.167. The van der Waals surface area contributed by atoms with E-state index in [-0.39, 0.29) is 13.2 Å². The highest BCUT2D eigenvalue weighted by Crippen LogP contribution is 2.32. The largest absolute Gasteiger partial charge is 0.492 e. The molecule has 0 radical (unpaired) electrons. The fourth-order valence-corrected chi connectivity index (χ4v) is 4.32. The third-order valence-electron chi connectivity index (χ3n) is 5.78. The molecule has 9 heteroatoms. The van der Waals surface area contributed by atoms with E-state index in [1.54, 1.807) is 12.1 Å². The summed E-state index contributed by atoms with van der Waals surface area (Å²) in [7, 11) is 0. The number of ether oxygens (including phenoxy) is 5. The summed E-state index contributed by atoms with van der Waals surface area (Å²) in [6.45, 7) is 2.49. The minimum absolute atomic E-state index is 0.185. The highest BCUT2D eigenvalue weighted by Gasteiger charge is 2.14. The van der Waals surface area contributed by atoms with Gasteiger partial charge in [0.1, 0.15) is 61.8 Å². The number of benzene rings is 4. The van der Waals surface area contributed by atoms with Gasteiger partial charge in [-0.2, -0.15) is 0 Å². The predicted molar refractivity (Wildman–Crippen MR) is 158 cm³/mol. The van der Waals surface area contributed by atoms with Crippen molar-refractivity contribution in [1.82, 2.24) is 0 Å². The molecule has 0 heterocycles. The highest BCUT2D eigenvalue weighted by atomic mass is 35.5. The molecule has 0 bridgehead atoms. The van der Waals surface area contributed by atoms with Crippen LogP contribution in [0.2, 0.25) is 10.0 Å². The Morgan fingerprint density at radius 3 is 1.70 bits per heavy atom. The number of nitrogens with two attached hydrogens (primary N) is 2. The second-order valence-electron chi connectivity index (χ2n) is 8.70. The summed E-state index contributed by atoms with van der Waals surface area (Å²) in [6, 6.07) is 26.1. The predicted octanol–water partition coefficient (Wildman–Crippen LogP) is 6.41. The molecule has 40 heavy (non-hydrogen) atoms. The monoisotopic (exact) mass is 582 g/mol. The molecular formula is C31H32Cl2N2O5. The van der Waals surface area contributed by atoms with Gasteiger partial charge in [0.25, 0.3) is 0 Å². The molecule has 7 nitrogen and oxygen atoms in total. The molecule has 0 atom stereocenters. The van der Waals surface area contributed by atoms with Gasteiger partial charge in [0, 0.05) is 46.9 Å². The van der Waals surface area contributed by atoms with Crippen LogP contribution >= 0.6 is 23.2 Å². The molecule has 0 aliphatic carbocycles. The zero-order chi connectivity index (χ0) is 28.2. The minimum Gasteiger partial charge on any atom is -0.492 e. The fraction of sp³-hybridized carbons (Fsp3) is 0.226. The Morgan fingerprint density at radius 1 is 0.525 bits per heavy atom. The maximum absolute atomic E-state index is 6.75. The van der Waals surface area contributed by atoms with Crippen molar-refractivity contribution < 1.29 is 23.7 Å². The van der Waals surface area contributed by atoms with Gasteiger partial charge in [0.05, 0.1) is 5.02 Å². The van der Waals surface area contributed by atoms with Gasteiger partial charge in [-0.3, -0.25) is 0 Å². The Kier molecular flexibility index (Phi) is 11.2. The first kappa shape index (κ1) is 29.4. The first-order valence-corrected chi connectivity index (χ1v) is 13.6. The Labute approximate surface area is 244 Å². The molecule has 0 unspecified atom stereocenters. The number of rotatable bonds is 15. The van der Waals surface area contributed by atoms with E-state index in [0.29, 0.717) is 77.3 Å². The van der Waals surface area contributed by atoms with Crippen LogP contribution in [-0.4, -0.2) is 26.3 Å². The van der Waals surface area contributed by atoms with Gasteiger partial charge in [0.15, 0.2) is 0 Å². The van der Waals surface area contributed by atoms with Gasteiger partial charge in [0.2, 0.25) is 0 Å². The molecule has 0 aliphatic heterocycles. The standard InChI is InChI=1S/C31H32Cl2N2O5/c32-29-12-11-23(31(33)28(29)21-39-27-9-4-7-25(18-27)37-16-14-35)20-40-30-10-2-1-5-22(30)19-38-26-8-3-6-24(17-26)36-15-13-34/h1-12,17-18H,13-16,19-21,34-35H2. The number of halogens is 2. The van der Waals surface area contributed by atoms with Crippen molar-refractivity contribution in [3.63, 3.8) is 0 Å². The van der Waals surface area contributed by atoms with Crippen LogP contribution in [0.4, 0.5) is 0 Å². The lowest BCUT2D eigenvalue weighted by molar-refractivity contribution is 0.271. The third kappa shape index (κ3) is 8.44. The first-order valence-electron chi connectivity index (χ1n) is 12.8. The van der Waals surface area contributed by atoms with Crippen molar-refractivity contribution in [2.45, 2.75) is 19.8 Å². The van der Waals surface area contributed by atoms with E-state index in [1.165, 1.54) is 0 Å². The van der Waals surface area contributed by atoms with Crippen LogP contribution in [0.3, 0.4) is 0 Å². The van der Waals surface area contributed by atoms with Gasteiger partial charge in [-0.15, -0.1) is 0 Å². The van der Waals surface area contributed by atoms with E-state index in [9.17, 15) is 0 Å². The van der Waals surface area contributed by atoms with E-state index < -0.39 is 0 Å². The van der Waals surface area contributed by atoms with Crippen LogP contribution in [-0.2, 0) is 19.8 Å². The highest BCUT2D eigenvalue weighted by molar-refractivity contribution is 6.36. The van der Waals surface area contributed by atoms with Crippen LogP contribution < -0.4 is 35.2 Å². The molecule has 4 aromatic rings. The van der Waals surface area contributed by atoms with E-state index in [0.717, 1.165) is 11.1 Å². The van der Waals surface area contributed by atoms with Gasteiger partial charge >= 0.3 is 0 Å². The van der Waals surface area contributed by atoms with Crippen molar-refractivity contribution >= 4 is 23.2 Å². The van der Waals surface area contributed by atoms with Crippen LogP contribution in [0.1, 0.15) is 16.7 Å². The summed E-state index contributed by atoms with van der Waals surface area (Å²) >= 11 is 13.2. The summed E-state index contributed by atoms with van der Waals surface area (Å²) < 4.78 is 29.3. The lowest BCUT2D eigenvalue weighted by Gasteiger charge is -2.16. The Morgan fingerprint density at radius 2 is 1.07 bits per heavy atom. The molecule has 0 saturated carbocycles. The summed E-state index contributed by atoms with van der Waals surface area (Å²) in [4.78, 5) is 0. The molecule has 0 fully saturated rings. The van der Waals surface area contributed by atoms with Crippen LogP contribution in [0.25, 0.3) is 0 Å². The number of hydrogen-bond acceptors (Lipinski definition) is 7. The van der Waals surface area contributed by atoms with Crippen molar-refractivity contribution in [3.05, 3.63) is 112 Å². The zero-order valence-electron chi connectivity index (χ0n) is 22.0. The normalized spacial score (nSPS) is 10.7. The van der Waals surface area contributed by atoms with Crippen molar-refractivity contribution in [2.75, 3.05) is 26.3 Å².